The number of carbonyl (C=O) groups excluding carboxylic acids is 1. The highest BCUT2D eigenvalue weighted by molar-refractivity contribution is 6.30. The standard InChI is InChI=1S/C23H23ClN4O/c1-22(21(29)12-25,16-5-3-2-4-6-16)28-19-7-8-20(28)11-23(10-19,15-26)17-9-18(24)14-27-13-17/h2-6,9,12-14,19-20,25H,7-8,10-11H2,1H3. The lowest BCUT2D eigenvalue weighted by atomic mass is 9.69. The Labute approximate surface area is 175 Å². The minimum Gasteiger partial charge on any atom is -0.305 e. The van der Waals surface area contributed by atoms with Crippen molar-refractivity contribution in [2.75, 3.05) is 0 Å². The number of hydrogen-bond donors (Lipinski definition) is 1. The summed E-state index contributed by atoms with van der Waals surface area (Å²) >= 11 is 6.16. The van der Waals surface area contributed by atoms with Gasteiger partial charge in [-0.3, -0.25) is 14.7 Å². The number of benzene rings is 1. The first-order chi connectivity index (χ1) is 13.9. The molecule has 1 aromatic heterocycles. The molecule has 1 aromatic carbocycles. The fraction of sp³-hybridized carbons (Fsp3) is 0.391. The van der Waals surface area contributed by atoms with Gasteiger partial charge in [0.05, 0.1) is 22.7 Å². The van der Waals surface area contributed by atoms with E-state index in [0.717, 1.165) is 30.2 Å². The Morgan fingerprint density at radius 2 is 1.97 bits per heavy atom. The molecule has 0 saturated carbocycles. The van der Waals surface area contributed by atoms with Gasteiger partial charge in [-0.2, -0.15) is 5.26 Å². The van der Waals surface area contributed by atoms with Crippen LogP contribution in [0.15, 0.2) is 48.8 Å². The van der Waals surface area contributed by atoms with Gasteiger partial charge in [-0.05, 0) is 49.8 Å². The van der Waals surface area contributed by atoms with E-state index in [2.05, 4.69) is 16.0 Å². The third-order valence-corrected chi connectivity index (χ3v) is 6.93. The third-order valence-electron chi connectivity index (χ3n) is 6.72. The van der Waals surface area contributed by atoms with Crippen LogP contribution in [0.25, 0.3) is 0 Å². The van der Waals surface area contributed by atoms with Crippen LogP contribution in [0.3, 0.4) is 0 Å². The molecular weight excluding hydrogens is 384 g/mol. The van der Waals surface area contributed by atoms with Gasteiger partial charge in [-0.15, -0.1) is 0 Å². The molecule has 0 amide bonds. The first-order valence-electron chi connectivity index (χ1n) is 9.86. The van der Waals surface area contributed by atoms with Gasteiger partial charge in [0.2, 0.25) is 0 Å². The maximum absolute atomic E-state index is 13.0. The number of fused-ring (bicyclic) bond motifs is 2. The van der Waals surface area contributed by atoms with Crippen LogP contribution in [0, 0.1) is 16.7 Å². The average molecular weight is 407 g/mol. The molecule has 2 aliphatic rings. The van der Waals surface area contributed by atoms with E-state index in [1.165, 1.54) is 0 Å². The van der Waals surface area contributed by atoms with Crippen molar-refractivity contribution in [1.29, 1.82) is 10.7 Å². The van der Waals surface area contributed by atoms with E-state index in [-0.39, 0.29) is 17.9 Å². The van der Waals surface area contributed by atoms with E-state index in [4.69, 9.17) is 17.0 Å². The van der Waals surface area contributed by atoms with Crippen molar-refractivity contribution in [3.63, 3.8) is 0 Å². The van der Waals surface area contributed by atoms with Crippen molar-refractivity contribution in [3.8, 4) is 6.07 Å². The van der Waals surface area contributed by atoms with Gasteiger partial charge in [-0.1, -0.05) is 41.9 Å². The molecule has 6 heteroatoms. The summed E-state index contributed by atoms with van der Waals surface area (Å²) in [4.78, 5) is 19.5. The molecule has 2 aliphatic heterocycles. The molecule has 1 N–H and O–H groups in total. The van der Waals surface area contributed by atoms with Gasteiger partial charge < -0.3 is 5.41 Å². The van der Waals surface area contributed by atoms with Gasteiger partial charge in [0.1, 0.15) is 5.54 Å². The average Bonchev–Trinajstić information content (AvgIpc) is 3.04. The lowest BCUT2D eigenvalue weighted by Crippen LogP contribution is -2.60. The molecule has 2 aromatic rings. The van der Waals surface area contributed by atoms with Crippen LogP contribution in [0.5, 0.6) is 0 Å². The Morgan fingerprint density at radius 3 is 2.52 bits per heavy atom. The van der Waals surface area contributed by atoms with E-state index in [9.17, 15) is 10.1 Å². The van der Waals surface area contributed by atoms with Crippen molar-refractivity contribution < 1.29 is 4.79 Å². The first-order valence-corrected chi connectivity index (χ1v) is 10.2. The zero-order valence-electron chi connectivity index (χ0n) is 16.3. The number of pyridine rings is 1. The molecule has 0 aliphatic carbocycles. The number of halogens is 1. The molecule has 3 unspecified atom stereocenters. The summed E-state index contributed by atoms with van der Waals surface area (Å²) in [5.41, 5.74) is 0.164. The summed E-state index contributed by atoms with van der Waals surface area (Å²) in [6.07, 6.45) is 7.34. The highest BCUT2D eigenvalue weighted by Crippen LogP contribution is 2.51. The molecule has 5 nitrogen and oxygen atoms in total. The Kier molecular flexibility index (Phi) is 5.02. The van der Waals surface area contributed by atoms with Gasteiger partial charge in [0.15, 0.2) is 5.78 Å². The number of aromatic nitrogens is 1. The quantitative estimate of drug-likeness (QED) is 0.752. The Balaban J connectivity index is 1.76. The van der Waals surface area contributed by atoms with E-state index in [0.29, 0.717) is 17.9 Å². The molecule has 0 radical (unpaired) electrons. The molecule has 29 heavy (non-hydrogen) atoms. The van der Waals surface area contributed by atoms with Crippen LogP contribution in [0.1, 0.15) is 43.7 Å². The Hall–Kier alpha value is -2.55. The fourth-order valence-electron chi connectivity index (χ4n) is 5.37. The summed E-state index contributed by atoms with van der Waals surface area (Å²) in [6.45, 7) is 1.92. The van der Waals surface area contributed by atoms with Crippen molar-refractivity contribution in [2.24, 2.45) is 0 Å². The Bertz CT molecular complexity index is 972. The molecule has 0 spiro atoms. The van der Waals surface area contributed by atoms with E-state index in [1.54, 1.807) is 12.4 Å². The van der Waals surface area contributed by atoms with Crippen molar-refractivity contribution in [1.82, 2.24) is 9.88 Å². The predicted molar refractivity (Wildman–Crippen MR) is 112 cm³/mol. The third kappa shape index (κ3) is 3.08. The maximum Gasteiger partial charge on any atom is 0.197 e. The summed E-state index contributed by atoms with van der Waals surface area (Å²) in [5.74, 6) is -0.227. The number of hydrogen-bond acceptors (Lipinski definition) is 5. The zero-order chi connectivity index (χ0) is 20.6. The zero-order valence-corrected chi connectivity index (χ0v) is 17.1. The predicted octanol–water partition coefficient (Wildman–Crippen LogP) is 4.26. The number of nitrogens with one attached hydrogen (secondary N) is 1. The minimum absolute atomic E-state index is 0.0708. The van der Waals surface area contributed by atoms with Gasteiger partial charge in [0, 0.05) is 24.5 Å². The normalized spacial score (nSPS) is 28.3. The molecule has 3 atom stereocenters. The van der Waals surface area contributed by atoms with Crippen LogP contribution >= 0.6 is 11.6 Å². The number of Topliss-reactive ketones (excluding diaryl/α,β-unsaturated/α-hetero) is 1. The first kappa shape index (κ1) is 19.8. The maximum atomic E-state index is 13.0. The monoisotopic (exact) mass is 406 g/mol. The second kappa shape index (κ2) is 7.37. The molecule has 3 heterocycles. The van der Waals surface area contributed by atoms with Crippen molar-refractivity contribution >= 4 is 23.6 Å². The number of nitriles is 1. The molecule has 148 valence electrons. The number of carbonyl (C=O) groups is 1. The molecule has 4 rings (SSSR count). The fourth-order valence-corrected chi connectivity index (χ4v) is 5.54. The number of ketones is 1. The second-order valence-electron chi connectivity index (χ2n) is 8.23. The van der Waals surface area contributed by atoms with Crippen LogP contribution in [-0.4, -0.2) is 34.0 Å². The number of rotatable bonds is 5. The highest BCUT2D eigenvalue weighted by atomic mass is 35.5. The topological polar surface area (TPSA) is 80.8 Å². The van der Waals surface area contributed by atoms with E-state index < -0.39 is 11.0 Å². The van der Waals surface area contributed by atoms with Gasteiger partial charge >= 0.3 is 0 Å². The molecule has 2 fully saturated rings. The second-order valence-corrected chi connectivity index (χ2v) is 8.67. The minimum atomic E-state index is -0.914. The van der Waals surface area contributed by atoms with Gasteiger partial charge in [-0.25, -0.2) is 0 Å². The summed E-state index contributed by atoms with van der Waals surface area (Å²) in [5, 5.41) is 18.4. The lowest BCUT2D eigenvalue weighted by molar-refractivity contribution is -0.128. The van der Waals surface area contributed by atoms with Gasteiger partial charge in [0.25, 0.3) is 0 Å². The summed E-state index contributed by atoms with van der Waals surface area (Å²) < 4.78 is 0. The SMILES string of the molecule is CC(C(=O)C=N)(c1ccccc1)N1C2CCC1CC(C#N)(c1cncc(Cl)c1)C2. The molecule has 2 bridgehead atoms. The van der Waals surface area contributed by atoms with E-state index >= 15 is 0 Å². The largest absolute Gasteiger partial charge is 0.305 e. The van der Waals surface area contributed by atoms with Crippen LogP contribution < -0.4 is 0 Å². The molecule has 2 saturated heterocycles. The van der Waals surface area contributed by atoms with Crippen LogP contribution in [0.2, 0.25) is 5.02 Å². The van der Waals surface area contributed by atoms with Crippen molar-refractivity contribution in [2.45, 2.75) is 55.6 Å². The van der Waals surface area contributed by atoms with Crippen LogP contribution in [-0.2, 0) is 15.7 Å². The Morgan fingerprint density at radius 1 is 1.31 bits per heavy atom. The smallest absolute Gasteiger partial charge is 0.197 e. The highest BCUT2D eigenvalue weighted by Gasteiger charge is 2.56. The summed E-state index contributed by atoms with van der Waals surface area (Å²) in [6, 6.07) is 14.2. The summed E-state index contributed by atoms with van der Waals surface area (Å²) in [7, 11) is 0. The van der Waals surface area contributed by atoms with Crippen molar-refractivity contribution in [3.05, 3.63) is 64.9 Å². The van der Waals surface area contributed by atoms with E-state index in [1.807, 2.05) is 43.3 Å². The number of nitrogens with zero attached hydrogens (tertiary/aromatic N) is 3. The van der Waals surface area contributed by atoms with Crippen LogP contribution in [0.4, 0.5) is 0 Å². The number of piperidine rings is 1. The molecular formula is C23H23ClN4O. The lowest BCUT2D eigenvalue weighted by Gasteiger charge is -2.51.